The van der Waals surface area contributed by atoms with Crippen molar-refractivity contribution in [2.24, 2.45) is 0 Å². The first-order valence-corrected chi connectivity index (χ1v) is 7.04. The van der Waals surface area contributed by atoms with Gasteiger partial charge in [0.2, 0.25) is 0 Å². The van der Waals surface area contributed by atoms with Gasteiger partial charge in [0.25, 0.3) is 0 Å². The van der Waals surface area contributed by atoms with Crippen molar-refractivity contribution in [1.29, 1.82) is 0 Å². The van der Waals surface area contributed by atoms with Crippen molar-refractivity contribution in [2.75, 3.05) is 39.3 Å². The molecule has 5 heteroatoms. The lowest BCUT2D eigenvalue weighted by molar-refractivity contribution is 0.111. The van der Waals surface area contributed by atoms with Crippen molar-refractivity contribution in [1.82, 2.24) is 14.8 Å². The molecule has 1 aliphatic rings. The van der Waals surface area contributed by atoms with Crippen LogP contribution in [-0.2, 0) is 6.42 Å². The Balaban J connectivity index is 1.73. The molecule has 0 radical (unpaired) electrons. The van der Waals surface area contributed by atoms with Crippen molar-refractivity contribution >= 4 is 17.6 Å². The van der Waals surface area contributed by atoms with E-state index in [9.17, 15) is 4.79 Å². The molecule has 1 aliphatic heterocycles. The number of aromatic nitrogens is 1. The van der Waals surface area contributed by atoms with Crippen molar-refractivity contribution in [3.63, 3.8) is 0 Å². The van der Waals surface area contributed by atoms with Crippen LogP contribution in [0.2, 0.25) is 0 Å². The largest absolute Gasteiger partial charge is 0.301 e. The summed E-state index contributed by atoms with van der Waals surface area (Å²) in [5, 5.41) is 2.90. The summed E-state index contributed by atoms with van der Waals surface area (Å²) in [6.45, 7) is 9.08. The molecule has 0 amide bonds. The van der Waals surface area contributed by atoms with Crippen molar-refractivity contribution in [3.8, 4) is 0 Å². The molecule has 0 aromatic carbocycles. The number of thiazole rings is 1. The number of carbonyl (C=O) groups is 1. The van der Waals surface area contributed by atoms with Gasteiger partial charge in [0.15, 0.2) is 6.29 Å². The summed E-state index contributed by atoms with van der Waals surface area (Å²) >= 11 is 1.59. The maximum Gasteiger partial charge on any atom is 0.169 e. The van der Waals surface area contributed by atoms with Crippen LogP contribution in [0.3, 0.4) is 0 Å². The number of rotatable bonds is 5. The van der Waals surface area contributed by atoms with Crippen LogP contribution in [0.1, 0.15) is 22.4 Å². The summed E-state index contributed by atoms with van der Waals surface area (Å²) in [5.41, 5.74) is 0.570. The van der Waals surface area contributed by atoms with Gasteiger partial charge in [0, 0.05) is 44.5 Å². The second kappa shape index (κ2) is 6.23. The second-order valence-electron chi connectivity index (χ2n) is 4.31. The number of hydrogen-bond donors (Lipinski definition) is 0. The van der Waals surface area contributed by atoms with Gasteiger partial charge in [-0.1, -0.05) is 6.92 Å². The minimum Gasteiger partial charge on any atom is -0.301 e. The van der Waals surface area contributed by atoms with Crippen LogP contribution in [0.15, 0.2) is 5.38 Å². The number of likely N-dealkylation sites (N-methyl/N-ethyl adjacent to an activating group) is 1. The molecule has 0 spiro atoms. The number of aldehydes is 1. The molecular formula is C12H19N3OS. The molecule has 0 unspecified atom stereocenters. The number of nitrogens with zero attached hydrogens (tertiary/aromatic N) is 3. The van der Waals surface area contributed by atoms with E-state index in [-0.39, 0.29) is 0 Å². The fourth-order valence-electron chi connectivity index (χ4n) is 2.08. The predicted molar refractivity (Wildman–Crippen MR) is 69.8 cm³/mol. The fraction of sp³-hybridized carbons (Fsp3) is 0.667. The molecule has 1 aromatic rings. The zero-order valence-corrected chi connectivity index (χ0v) is 11.1. The van der Waals surface area contributed by atoms with Crippen LogP contribution in [0.5, 0.6) is 0 Å². The molecule has 1 saturated heterocycles. The van der Waals surface area contributed by atoms with Gasteiger partial charge in [-0.2, -0.15) is 0 Å². The maximum absolute atomic E-state index is 10.5. The normalized spacial score (nSPS) is 18.4. The zero-order valence-electron chi connectivity index (χ0n) is 10.3. The lowest BCUT2D eigenvalue weighted by Gasteiger charge is -2.33. The third kappa shape index (κ3) is 3.59. The highest BCUT2D eigenvalue weighted by atomic mass is 32.1. The minimum absolute atomic E-state index is 0.570. The van der Waals surface area contributed by atoms with Crippen LogP contribution in [0.4, 0.5) is 0 Å². The van der Waals surface area contributed by atoms with E-state index >= 15 is 0 Å². The molecule has 2 heterocycles. The monoisotopic (exact) mass is 253 g/mol. The van der Waals surface area contributed by atoms with Gasteiger partial charge in [-0.05, 0) is 6.54 Å². The quantitative estimate of drug-likeness (QED) is 0.737. The molecule has 17 heavy (non-hydrogen) atoms. The Hall–Kier alpha value is -0.780. The summed E-state index contributed by atoms with van der Waals surface area (Å²) in [6, 6.07) is 0. The Morgan fingerprint density at radius 1 is 1.35 bits per heavy atom. The van der Waals surface area contributed by atoms with E-state index in [4.69, 9.17) is 0 Å². The fourth-order valence-corrected chi connectivity index (χ4v) is 2.81. The standard InChI is InChI=1S/C12H19N3OS/c1-2-14-5-7-15(8-6-14)4-3-12-13-11(9-16)10-17-12/h9-10H,2-8H2,1H3. The number of hydrogen-bond acceptors (Lipinski definition) is 5. The van der Waals surface area contributed by atoms with E-state index in [1.165, 1.54) is 13.1 Å². The first kappa shape index (κ1) is 12.7. The van der Waals surface area contributed by atoms with Gasteiger partial charge in [0.1, 0.15) is 5.69 Å². The highest BCUT2D eigenvalue weighted by molar-refractivity contribution is 7.09. The van der Waals surface area contributed by atoms with E-state index in [0.29, 0.717) is 5.69 Å². The minimum atomic E-state index is 0.570. The van der Waals surface area contributed by atoms with Crippen molar-refractivity contribution in [3.05, 3.63) is 16.1 Å². The second-order valence-corrected chi connectivity index (χ2v) is 5.25. The summed E-state index contributed by atoms with van der Waals surface area (Å²) in [6.07, 6.45) is 1.78. The SMILES string of the molecule is CCN1CCN(CCc2nc(C=O)cs2)CC1. The zero-order chi connectivity index (χ0) is 12.1. The molecule has 0 atom stereocenters. The molecule has 0 N–H and O–H groups in total. The Labute approximate surface area is 106 Å². The van der Waals surface area contributed by atoms with Gasteiger partial charge >= 0.3 is 0 Å². The molecule has 0 saturated carbocycles. The first-order chi connectivity index (χ1) is 8.31. The lowest BCUT2D eigenvalue weighted by atomic mass is 10.3. The molecule has 2 rings (SSSR count). The average Bonchev–Trinajstić information content (AvgIpc) is 2.85. The molecular weight excluding hydrogens is 234 g/mol. The summed E-state index contributed by atoms with van der Waals surface area (Å²) < 4.78 is 0. The van der Waals surface area contributed by atoms with E-state index in [1.807, 2.05) is 5.38 Å². The highest BCUT2D eigenvalue weighted by Gasteiger charge is 2.15. The summed E-state index contributed by atoms with van der Waals surface area (Å²) in [4.78, 5) is 19.7. The smallest absolute Gasteiger partial charge is 0.169 e. The molecule has 0 aliphatic carbocycles. The number of piperazine rings is 1. The Kier molecular flexibility index (Phi) is 4.65. The third-order valence-corrected chi connectivity index (χ3v) is 4.17. The summed E-state index contributed by atoms with van der Waals surface area (Å²) in [5.74, 6) is 0. The molecule has 1 fully saturated rings. The van der Waals surface area contributed by atoms with Gasteiger partial charge in [-0.25, -0.2) is 4.98 Å². The average molecular weight is 253 g/mol. The van der Waals surface area contributed by atoms with Gasteiger partial charge in [-0.15, -0.1) is 11.3 Å². The maximum atomic E-state index is 10.5. The van der Waals surface area contributed by atoms with Crippen LogP contribution in [0, 0.1) is 0 Å². The Morgan fingerprint density at radius 2 is 2.06 bits per heavy atom. The van der Waals surface area contributed by atoms with Gasteiger partial charge in [-0.3, -0.25) is 4.79 Å². The van der Waals surface area contributed by atoms with Gasteiger partial charge in [0.05, 0.1) is 5.01 Å². The Morgan fingerprint density at radius 3 is 2.65 bits per heavy atom. The van der Waals surface area contributed by atoms with E-state index in [2.05, 4.69) is 21.7 Å². The topological polar surface area (TPSA) is 36.4 Å². The van der Waals surface area contributed by atoms with Crippen LogP contribution in [0.25, 0.3) is 0 Å². The van der Waals surface area contributed by atoms with Crippen LogP contribution < -0.4 is 0 Å². The number of carbonyl (C=O) groups excluding carboxylic acids is 1. The van der Waals surface area contributed by atoms with E-state index in [1.54, 1.807) is 11.3 Å². The molecule has 4 nitrogen and oxygen atoms in total. The predicted octanol–water partition coefficient (Wildman–Crippen LogP) is 1.14. The van der Waals surface area contributed by atoms with Crippen molar-refractivity contribution < 1.29 is 4.79 Å². The van der Waals surface area contributed by atoms with Gasteiger partial charge < -0.3 is 9.80 Å². The van der Waals surface area contributed by atoms with Crippen LogP contribution >= 0.6 is 11.3 Å². The molecule has 94 valence electrons. The summed E-state index contributed by atoms with van der Waals surface area (Å²) in [7, 11) is 0. The highest BCUT2D eigenvalue weighted by Crippen LogP contribution is 2.10. The lowest BCUT2D eigenvalue weighted by Crippen LogP contribution is -2.46. The molecule has 0 bridgehead atoms. The van der Waals surface area contributed by atoms with E-state index in [0.717, 1.165) is 43.9 Å². The van der Waals surface area contributed by atoms with Crippen LogP contribution in [-0.4, -0.2) is 60.3 Å². The third-order valence-electron chi connectivity index (χ3n) is 3.24. The molecule has 1 aromatic heterocycles. The Bertz CT molecular complexity index is 358. The van der Waals surface area contributed by atoms with E-state index < -0.39 is 0 Å². The first-order valence-electron chi connectivity index (χ1n) is 6.16. The van der Waals surface area contributed by atoms with Crippen molar-refractivity contribution in [2.45, 2.75) is 13.3 Å².